The van der Waals surface area contributed by atoms with E-state index in [1.54, 1.807) is 48.5 Å². The summed E-state index contributed by atoms with van der Waals surface area (Å²) in [7, 11) is 0. The van der Waals surface area contributed by atoms with Crippen LogP contribution in [0.5, 0.6) is 5.75 Å². The van der Waals surface area contributed by atoms with Gasteiger partial charge >= 0.3 is 6.03 Å². The molecule has 7 nitrogen and oxygen atoms in total. The minimum absolute atomic E-state index is 0.360. The van der Waals surface area contributed by atoms with Gasteiger partial charge in [0, 0.05) is 17.9 Å². The summed E-state index contributed by atoms with van der Waals surface area (Å²) >= 11 is 0. The molecule has 4 aromatic rings. The Morgan fingerprint density at radius 1 is 0.694 bits per heavy atom. The highest BCUT2D eigenvalue weighted by molar-refractivity contribution is 5.99. The van der Waals surface area contributed by atoms with E-state index in [1.807, 2.05) is 60.7 Å². The highest BCUT2D eigenvalue weighted by Crippen LogP contribution is 2.19. The van der Waals surface area contributed by atoms with Crippen molar-refractivity contribution < 1.29 is 14.3 Å². The zero-order valence-electron chi connectivity index (χ0n) is 19.7. The predicted molar refractivity (Wildman–Crippen MR) is 142 cm³/mol. The monoisotopic (exact) mass is 480 g/mol. The number of hydrogen-bond acceptors (Lipinski definition) is 4. The summed E-state index contributed by atoms with van der Waals surface area (Å²) in [4.78, 5) is 25.9. The van der Waals surface area contributed by atoms with Gasteiger partial charge in [-0.3, -0.25) is 4.79 Å². The molecular weight excluding hydrogens is 452 g/mol. The Bertz CT molecular complexity index is 1260. The number of carbonyl (C=O) groups is 2. The number of nitrogens with two attached hydrogens (primary N) is 1. The first-order chi connectivity index (χ1) is 17.6. The Morgan fingerprint density at radius 3 is 1.92 bits per heavy atom. The highest BCUT2D eigenvalue weighted by Gasteiger charge is 2.23. The summed E-state index contributed by atoms with van der Waals surface area (Å²) in [5.41, 5.74) is 9.52. The number of urea groups is 1. The van der Waals surface area contributed by atoms with Crippen molar-refractivity contribution in [2.45, 2.75) is 19.2 Å². The smallest absolute Gasteiger partial charge is 0.320 e. The third kappa shape index (κ3) is 6.94. The number of hydrogen-bond donors (Lipinski definition) is 4. The molecule has 4 aromatic carbocycles. The van der Waals surface area contributed by atoms with Crippen molar-refractivity contribution in [2.24, 2.45) is 5.73 Å². The molecule has 0 saturated carbocycles. The summed E-state index contributed by atoms with van der Waals surface area (Å²) < 4.78 is 5.79. The molecule has 0 aliphatic rings. The first kappa shape index (κ1) is 24.5. The lowest BCUT2D eigenvalue weighted by molar-refractivity contribution is -0.118. The molecule has 0 spiro atoms. The second-order valence-electron chi connectivity index (χ2n) is 8.13. The molecule has 0 heterocycles. The lowest BCUT2D eigenvalue weighted by Crippen LogP contribution is -2.39. The van der Waals surface area contributed by atoms with E-state index in [0.29, 0.717) is 35.8 Å². The molecule has 5 N–H and O–H groups in total. The van der Waals surface area contributed by atoms with E-state index in [2.05, 4.69) is 16.0 Å². The predicted octanol–water partition coefficient (Wildman–Crippen LogP) is 5.23. The molecule has 0 saturated heterocycles. The summed E-state index contributed by atoms with van der Waals surface area (Å²) in [5, 5.41) is 8.41. The fraction of sp³-hybridized carbons (Fsp3) is 0.103. The average Bonchev–Trinajstić information content (AvgIpc) is 2.93. The minimum atomic E-state index is -0.895. The van der Waals surface area contributed by atoms with Gasteiger partial charge in [-0.05, 0) is 53.1 Å². The van der Waals surface area contributed by atoms with Gasteiger partial charge in [-0.15, -0.1) is 0 Å². The highest BCUT2D eigenvalue weighted by atomic mass is 16.5. The Kier molecular flexibility index (Phi) is 8.30. The van der Waals surface area contributed by atoms with Crippen LogP contribution in [0, 0.1) is 0 Å². The topological polar surface area (TPSA) is 105 Å². The number of nitrogens with one attached hydrogen (secondary N) is 3. The molecule has 0 aliphatic carbocycles. The zero-order valence-corrected chi connectivity index (χ0v) is 19.7. The normalized spacial score (nSPS) is 11.2. The van der Waals surface area contributed by atoms with Gasteiger partial charge in [0.05, 0.1) is 0 Å². The second-order valence-corrected chi connectivity index (χ2v) is 8.13. The molecule has 0 unspecified atom stereocenters. The Labute approximate surface area is 210 Å². The number of benzene rings is 4. The summed E-state index contributed by atoms with van der Waals surface area (Å²) in [6.07, 6.45) is 0. The summed E-state index contributed by atoms with van der Waals surface area (Å²) in [5.74, 6) is 0.327. The van der Waals surface area contributed by atoms with Crippen molar-refractivity contribution in [2.75, 3.05) is 10.6 Å². The fourth-order valence-corrected chi connectivity index (χ4v) is 3.56. The molecule has 1 atom stereocenters. The molecule has 0 aromatic heterocycles. The molecular formula is C29H28N4O3. The first-order valence-corrected chi connectivity index (χ1v) is 11.6. The molecule has 36 heavy (non-hydrogen) atoms. The van der Waals surface area contributed by atoms with Crippen LogP contribution in [0.15, 0.2) is 109 Å². The van der Waals surface area contributed by atoms with Crippen molar-refractivity contribution in [3.8, 4) is 5.75 Å². The maximum Gasteiger partial charge on any atom is 0.320 e. The van der Waals surface area contributed by atoms with Crippen LogP contribution >= 0.6 is 0 Å². The van der Waals surface area contributed by atoms with Crippen molar-refractivity contribution in [1.82, 2.24) is 5.32 Å². The van der Waals surface area contributed by atoms with E-state index < -0.39 is 12.1 Å². The number of carbonyl (C=O) groups excluding carboxylic acids is 2. The van der Waals surface area contributed by atoms with Gasteiger partial charge < -0.3 is 26.4 Å². The lowest BCUT2D eigenvalue weighted by atomic mass is 10.1. The van der Waals surface area contributed by atoms with E-state index in [-0.39, 0.29) is 5.91 Å². The molecule has 3 amide bonds. The van der Waals surface area contributed by atoms with Crippen LogP contribution in [-0.2, 0) is 17.9 Å². The summed E-state index contributed by atoms with van der Waals surface area (Å²) in [6, 6.07) is 31.9. The maximum absolute atomic E-state index is 13.1. The minimum Gasteiger partial charge on any atom is -0.489 e. The molecule has 4 rings (SSSR count). The molecule has 182 valence electrons. The van der Waals surface area contributed by atoms with E-state index in [4.69, 9.17) is 10.5 Å². The van der Waals surface area contributed by atoms with Gasteiger partial charge in [0.2, 0.25) is 0 Å². The van der Waals surface area contributed by atoms with Gasteiger partial charge in [0.15, 0.2) is 0 Å². The summed E-state index contributed by atoms with van der Waals surface area (Å²) in [6.45, 7) is 0.875. The van der Waals surface area contributed by atoms with Crippen LogP contribution in [0.4, 0.5) is 16.2 Å². The van der Waals surface area contributed by atoms with E-state index in [1.165, 1.54) is 0 Å². The van der Waals surface area contributed by atoms with Crippen molar-refractivity contribution in [3.63, 3.8) is 0 Å². The Hall–Kier alpha value is -4.62. The van der Waals surface area contributed by atoms with Crippen molar-refractivity contribution >= 4 is 23.3 Å². The molecule has 0 bridgehead atoms. The molecule has 0 fully saturated rings. The van der Waals surface area contributed by atoms with Crippen LogP contribution in [0.3, 0.4) is 0 Å². The SMILES string of the molecule is NCc1ccc(NC(=O)[C@@H](NC(=O)Nc2ccc(OCc3ccccc3)cc2)c2ccccc2)cc1. The quantitative estimate of drug-likeness (QED) is 0.263. The van der Waals surface area contributed by atoms with E-state index in [9.17, 15) is 9.59 Å². The first-order valence-electron chi connectivity index (χ1n) is 11.6. The third-order valence-electron chi connectivity index (χ3n) is 5.49. The zero-order chi connectivity index (χ0) is 25.2. The van der Waals surface area contributed by atoms with Crippen LogP contribution in [0.1, 0.15) is 22.7 Å². The van der Waals surface area contributed by atoms with Crippen LogP contribution < -0.4 is 26.4 Å². The molecule has 7 heteroatoms. The number of anilines is 2. The number of ether oxygens (including phenoxy) is 1. The van der Waals surface area contributed by atoms with Crippen LogP contribution in [0.25, 0.3) is 0 Å². The largest absolute Gasteiger partial charge is 0.489 e. The average molecular weight is 481 g/mol. The van der Waals surface area contributed by atoms with E-state index in [0.717, 1.165) is 11.1 Å². The van der Waals surface area contributed by atoms with E-state index >= 15 is 0 Å². The van der Waals surface area contributed by atoms with Gasteiger partial charge in [-0.2, -0.15) is 0 Å². The number of amides is 3. The molecule has 0 radical (unpaired) electrons. The van der Waals surface area contributed by atoms with Crippen molar-refractivity contribution in [1.29, 1.82) is 0 Å². The van der Waals surface area contributed by atoms with Gasteiger partial charge in [-0.25, -0.2) is 4.79 Å². The third-order valence-corrected chi connectivity index (χ3v) is 5.49. The maximum atomic E-state index is 13.1. The fourth-order valence-electron chi connectivity index (χ4n) is 3.56. The second kappa shape index (κ2) is 12.2. The van der Waals surface area contributed by atoms with Gasteiger partial charge in [0.1, 0.15) is 18.4 Å². The number of rotatable bonds is 9. The van der Waals surface area contributed by atoms with Crippen LogP contribution in [0.2, 0.25) is 0 Å². The lowest BCUT2D eigenvalue weighted by Gasteiger charge is -2.19. The standard InChI is InChI=1S/C29H28N4O3/c30-19-21-11-13-24(14-12-21)31-28(34)27(23-9-5-2-6-10-23)33-29(35)32-25-15-17-26(18-16-25)36-20-22-7-3-1-4-8-22/h1-18,27H,19-20,30H2,(H,31,34)(H2,32,33,35)/t27-/m0/s1. The van der Waals surface area contributed by atoms with Gasteiger partial charge in [-0.1, -0.05) is 72.8 Å². The Morgan fingerprint density at radius 2 is 1.28 bits per heavy atom. The molecule has 0 aliphatic heterocycles. The Balaban J connectivity index is 1.38. The van der Waals surface area contributed by atoms with Crippen molar-refractivity contribution in [3.05, 3.63) is 126 Å². The van der Waals surface area contributed by atoms with Crippen LogP contribution in [-0.4, -0.2) is 11.9 Å². The van der Waals surface area contributed by atoms with Gasteiger partial charge in [0.25, 0.3) is 5.91 Å².